The zero-order valence-electron chi connectivity index (χ0n) is 21.7. The molecule has 10 heteroatoms. The van der Waals surface area contributed by atoms with E-state index in [1.807, 2.05) is 0 Å². The van der Waals surface area contributed by atoms with Gasteiger partial charge in [0.05, 0.1) is 0 Å². The number of carbonyl (C=O) groups excluding carboxylic acids is 1. The highest BCUT2D eigenvalue weighted by Crippen LogP contribution is 2.29. The molecule has 0 spiro atoms. The number of amides is 1. The first kappa shape index (κ1) is 27.5. The van der Waals surface area contributed by atoms with E-state index in [-0.39, 0.29) is 41.3 Å². The van der Waals surface area contributed by atoms with Gasteiger partial charge in [-0.25, -0.2) is 12.8 Å². The number of sulfonamides is 1. The van der Waals surface area contributed by atoms with E-state index >= 15 is 0 Å². The van der Waals surface area contributed by atoms with E-state index in [0.717, 1.165) is 32.0 Å². The van der Waals surface area contributed by atoms with Gasteiger partial charge in [-0.2, -0.15) is 4.31 Å². The average Bonchev–Trinajstić information content (AvgIpc) is 3.27. The number of likely N-dealkylation sites (tertiary alicyclic amines) is 1. The summed E-state index contributed by atoms with van der Waals surface area (Å²) in [7, 11) is -3.89. The van der Waals surface area contributed by atoms with E-state index in [1.165, 1.54) is 35.4 Å². The van der Waals surface area contributed by atoms with Crippen molar-refractivity contribution in [1.29, 1.82) is 0 Å². The fraction of sp³-hybridized carbons (Fsp3) is 0.556. The van der Waals surface area contributed by atoms with E-state index in [0.29, 0.717) is 24.9 Å². The third-order valence-corrected chi connectivity index (χ3v) is 9.32. The lowest BCUT2D eigenvalue weighted by Crippen LogP contribution is -2.43. The number of carbonyl (C=O) groups is 1. The molecule has 1 aromatic heterocycles. The largest absolute Gasteiger partial charge is 0.356 e. The highest BCUT2D eigenvalue weighted by atomic mass is 32.2. The first-order chi connectivity index (χ1) is 17.8. The van der Waals surface area contributed by atoms with Crippen molar-refractivity contribution in [3.63, 3.8) is 0 Å². The maximum absolute atomic E-state index is 14.0. The van der Waals surface area contributed by atoms with Crippen LogP contribution in [-0.2, 0) is 14.8 Å². The van der Waals surface area contributed by atoms with Gasteiger partial charge in [0.2, 0.25) is 15.9 Å². The lowest BCUT2D eigenvalue weighted by Gasteiger charge is -2.31. The van der Waals surface area contributed by atoms with E-state index < -0.39 is 15.8 Å². The number of aromatic nitrogens is 1. The quantitative estimate of drug-likeness (QED) is 0.492. The SMILES string of the molecule is Cc1noc(/C=C/c2ccccc2F)c1S(=O)(=O)N1CCC(C(=O)NCCCN2CCCC(C)C2)CC1. The van der Waals surface area contributed by atoms with Gasteiger partial charge in [0.25, 0.3) is 0 Å². The third kappa shape index (κ3) is 6.86. The molecule has 0 aliphatic carbocycles. The number of rotatable bonds is 9. The molecule has 3 heterocycles. The van der Waals surface area contributed by atoms with Gasteiger partial charge in [0.15, 0.2) is 10.7 Å². The number of piperidine rings is 2. The summed E-state index contributed by atoms with van der Waals surface area (Å²) in [5.41, 5.74) is 0.563. The Kier molecular flexibility index (Phi) is 9.15. The van der Waals surface area contributed by atoms with Crippen LogP contribution in [0, 0.1) is 24.6 Å². The molecule has 202 valence electrons. The summed E-state index contributed by atoms with van der Waals surface area (Å²) in [4.78, 5) is 15.1. The molecule has 2 aromatic rings. The Morgan fingerprint density at radius 3 is 2.68 bits per heavy atom. The molecule has 1 aromatic carbocycles. The lowest BCUT2D eigenvalue weighted by molar-refractivity contribution is -0.126. The Balaban J connectivity index is 1.30. The van der Waals surface area contributed by atoms with Gasteiger partial charge < -0.3 is 14.7 Å². The monoisotopic (exact) mass is 532 g/mol. The maximum Gasteiger partial charge on any atom is 0.248 e. The average molecular weight is 533 g/mol. The number of nitrogens with zero attached hydrogens (tertiary/aromatic N) is 3. The van der Waals surface area contributed by atoms with Crippen LogP contribution < -0.4 is 5.32 Å². The molecule has 2 fully saturated rings. The van der Waals surface area contributed by atoms with Gasteiger partial charge in [-0.1, -0.05) is 30.3 Å². The summed E-state index contributed by atoms with van der Waals surface area (Å²) >= 11 is 0. The zero-order valence-corrected chi connectivity index (χ0v) is 22.5. The van der Waals surface area contributed by atoms with Crippen LogP contribution in [0.2, 0.25) is 0 Å². The van der Waals surface area contributed by atoms with Crippen molar-refractivity contribution in [3.8, 4) is 0 Å². The van der Waals surface area contributed by atoms with Gasteiger partial charge in [0.1, 0.15) is 11.5 Å². The number of hydrogen-bond acceptors (Lipinski definition) is 6. The van der Waals surface area contributed by atoms with Crippen LogP contribution in [0.1, 0.15) is 56.0 Å². The molecule has 1 amide bonds. The molecular formula is C27H37FN4O4S. The summed E-state index contributed by atoms with van der Waals surface area (Å²) in [6, 6.07) is 6.20. The summed E-state index contributed by atoms with van der Waals surface area (Å²) in [6.07, 6.45) is 7.27. The number of benzene rings is 1. The van der Waals surface area contributed by atoms with Crippen LogP contribution >= 0.6 is 0 Å². The van der Waals surface area contributed by atoms with Crippen LogP contribution in [-0.4, -0.2) is 68.0 Å². The second kappa shape index (κ2) is 12.3. The number of nitrogens with one attached hydrogen (secondary N) is 1. The smallest absolute Gasteiger partial charge is 0.248 e. The number of aryl methyl sites for hydroxylation is 1. The van der Waals surface area contributed by atoms with Gasteiger partial charge in [-0.15, -0.1) is 0 Å². The van der Waals surface area contributed by atoms with Crippen LogP contribution in [0.25, 0.3) is 12.2 Å². The second-order valence-corrected chi connectivity index (χ2v) is 12.1. The molecule has 0 saturated carbocycles. The molecule has 0 radical (unpaired) electrons. The first-order valence-electron chi connectivity index (χ1n) is 13.1. The van der Waals surface area contributed by atoms with Crippen molar-refractivity contribution in [2.24, 2.45) is 11.8 Å². The standard InChI is InChI=1S/C27H37FN4O4S/c1-20-7-5-15-31(19-20)16-6-14-29-27(33)23-12-17-32(18-13-23)37(34,35)26-21(2)30-36-25(26)11-10-22-8-3-4-9-24(22)28/h3-4,8-11,20,23H,5-7,12-19H2,1-2H3,(H,29,33)/b11-10+. The minimum absolute atomic E-state index is 0.00118. The second-order valence-electron chi connectivity index (χ2n) is 10.2. The van der Waals surface area contributed by atoms with Crippen molar-refractivity contribution in [2.75, 3.05) is 39.3 Å². The van der Waals surface area contributed by atoms with Gasteiger partial charge in [-0.3, -0.25) is 4.79 Å². The minimum Gasteiger partial charge on any atom is -0.356 e. The Morgan fingerprint density at radius 1 is 1.19 bits per heavy atom. The van der Waals surface area contributed by atoms with E-state index in [2.05, 4.69) is 22.3 Å². The predicted molar refractivity (Wildman–Crippen MR) is 141 cm³/mol. The Morgan fingerprint density at radius 2 is 1.95 bits per heavy atom. The lowest BCUT2D eigenvalue weighted by atomic mass is 9.97. The van der Waals surface area contributed by atoms with Crippen LogP contribution in [0.15, 0.2) is 33.7 Å². The highest BCUT2D eigenvalue weighted by Gasteiger charge is 2.35. The number of halogens is 1. The Bertz CT molecular complexity index is 1200. The maximum atomic E-state index is 14.0. The normalized spacial score (nSPS) is 20.5. The minimum atomic E-state index is -3.89. The van der Waals surface area contributed by atoms with Gasteiger partial charge in [0, 0.05) is 37.7 Å². The molecule has 37 heavy (non-hydrogen) atoms. The van der Waals surface area contributed by atoms with Crippen molar-refractivity contribution in [3.05, 3.63) is 47.1 Å². The molecule has 2 aliphatic heterocycles. The molecule has 1 unspecified atom stereocenters. The van der Waals surface area contributed by atoms with Crippen molar-refractivity contribution >= 4 is 28.1 Å². The topological polar surface area (TPSA) is 95.8 Å². The summed E-state index contributed by atoms with van der Waals surface area (Å²) in [5.74, 6) is 0.180. The summed E-state index contributed by atoms with van der Waals surface area (Å²) in [5, 5.41) is 6.88. The van der Waals surface area contributed by atoms with E-state index in [1.54, 1.807) is 25.1 Å². The molecule has 1 N–H and O–H groups in total. The van der Waals surface area contributed by atoms with Crippen LogP contribution in [0.5, 0.6) is 0 Å². The Hall–Kier alpha value is -2.56. The number of hydrogen-bond donors (Lipinski definition) is 1. The Labute approximate surface area is 218 Å². The van der Waals surface area contributed by atoms with Crippen LogP contribution in [0.4, 0.5) is 4.39 Å². The summed E-state index contributed by atoms with van der Waals surface area (Å²) < 4.78 is 47.5. The predicted octanol–water partition coefficient (Wildman–Crippen LogP) is 3.93. The highest BCUT2D eigenvalue weighted by molar-refractivity contribution is 7.89. The molecule has 4 rings (SSSR count). The van der Waals surface area contributed by atoms with Crippen LogP contribution in [0.3, 0.4) is 0 Å². The molecule has 1 atom stereocenters. The molecule has 2 saturated heterocycles. The molecule has 8 nitrogen and oxygen atoms in total. The third-order valence-electron chi connectivity index (χ3n) is 7.27. The molecule has 2 aliphatic rings. The van der Waals surface area contributed by atoms with E-state index in [9.17, 15) is 17.6 Å². The molecule has 0 bridgehead atoms. The van der Waals surface area contributed by atoms with Crippen molar-refractivity contribution < 1.29 is 22.1 Å². The van der Waals surface area contributed by atoms with Crippen molar-refractivity contribution in [2.45, 2.75) is 50.8 Å². The fourth-order valence-corrected chi connectivity index (χ4v) is 6.93. The fourth-order valence-electron chi connectivity index (χ4n) is 5.21. The van der Waals surface area contributed by atoms with Gasteiger partial charge in [-0.05, 0) is 76.3 Å². The first-order valence-corrected chi connectivity index (χ1v) is 14.6. The van der Waals surface area contributed by atoms with Gasteiger partial charge >= 0.3 is 0 Å². The summed E-state index contributed by atoms with van der Waals surface area (Å²) in [6.45, 7) is 8.24. The van der Waals surface area contributed by atoms with E-state index in [4.69, 9.17) is 4.52 Å². The van der Waals surface area contributed by atoms with Crippen molar-refractivity contribution in [1.82, 2.24) is 19.7 Å². The molecular weight excluding hydrogens is 495 g/mol. The zero-order chi connectivity index (χ0) is 26.4.